The van der Waals surface area contributed by atoms with E-state index < -0.39 is 16.7 Å². The molecule has 134 valence electrons. The third-order valence-corrected chi connectivity index (χ3v) is 3.88. The highest BCUT2D eigenvalue weighted by atomic mass is 16.6. The summed E-state index contributed by atoms with van der Waals surface area (Å²) in [5, 5.41) is 20.0. The van der Waals surface area contributed by atoms with Gasteiger partial charge < -0.3 is 10.0 Å². The molecule has 0 atom stereocenters. The average molecular weight is 347 g/mol. The van der Waals surface area contributed by atoms with Crippen LogP contribution in [0, 0.1) is 16.0 Å². The van der Waals surface area contributed by atoms with Gasteiger partial charge in [0.25, 0.3) is 17.5 Å². The molecule has 1 aromatic carbocycles. The molecular formula is C17H21N3O5. The zero-order valence-electron chi connectivity index (χ0n) is 14.4. The molecule has 0 unspecified atom stereocenters. The molecule has 8 heteroatoms. The lowest BCUT2D eigenvalue weighted by molar-refractivity contribution is -0.384. The Labute approximate surface area is 145 Å². The molecule has 1 aliphatic rings. The van der Waals surface area contributed by atoms with Crippen molar-refractivity contribution < 1.29 is 19.6 Å². The van der Waals surface area contributed by atoms with Crippen molar-refractivity contribution in [2.24, 2.45) is 5.92 Å². The predicted octanol–water partition coefficient (Wildman–Crippen LogP) is 1.25. The highest BCUT2D eigenvalue weighted by Gasteiger charge is 2.40. The van der Waals surface area contributed by atoms with Crippen LogP contribution in [0.2, 0.25) is 0 Å². The Balaban J connectivity index is 2.51. The number of aliphatic hydroxyl groups is 1. The van der Waals surface area contributed by atoms with Crippen LogP contribution in [-0.2, 0) is 9.59 Å². The number of non-ortho nitro benzene ring substituents is 1. The van der Waals surface area contributed by atoms with Gasteiger partial charge in [-0.25, -0.2) is 0 Å². The molecule has 2 amide bonds. The average Bonchev–Trinajstić information content (AvgIpc) is 2.79. The minimum Gasteiger partial charge on any atom is -0.395 e. The number of nitro benzene ring substituents is 1. The summed E-state index contributed by atoms with van der Waals surface area (Å²) in [6.45, 7) is 4.12. The maximum absolute atomic E-state index is 12.8. The highest BCUT2D eigenvalue weighted by molar-refractivity contribution is 6.35. The number of hydrogen-bond acceptors (Lipinski definition) is 6. The summed E-state index contributed by atoms with van der Waals surface area (Å²) in [5.41, 5.74) is 0.755. The van der Waals surface area contributed by atoms with Crippen molar-refractivity contribution in [1.29, 1.82) is 0 Å². The quantitative estimate of drug-likeness (QED) is 0.452. The van der Waals surface area contributed by atoms with Crippen molar-refractivity contribution in [3.8, 4) is 0 Å². The van der Waals surface area contributed by atoms with E-state index in [0.717, 1.165) is 0 Å². The SMILES string of the molecule is CC(C)CN1C(=O)C(c2ccc([N+](=O)[O-])cc2)=C(N(C)CCO)C1=O. The predicted molar refractivity (Wildman–Crippen MR) is 91.3 cm³/mol. The summed E-state index contributed by atoms with van der Waals surface area (Å²) in [6, 6.07) is 5.53. The monoisotopic (exact) mass is 347 g/mol. The van der Waals surface area contributed by atoms with Gasteiger partial charge in [-0.3, -0.25) is 24.6 Å². The van der Waals surface area contributed by atoms with E-state index in [4.69, 9.17) is 5.11 Å². The number of benzene rings is 1. The van der Waals surface area contributed by atoms with Crippen molar-refractivity contribution in [3.63, 3.8) is 0 Å². The van der Waals surface area contributed by atoms with E-state index in [-0.39, 0.29) is 42.6 Å². The van der Waals surface area contributed by atoms with E-state index in [1.54, 1.807) is 7.05 Å². The van der Waals surface area contributed by atoms with E-state index >= 15 is 0 Å². The molecule has 1 N–H and O–H groups in total. The van der Waals surface area contributed by atoms with Crippen LogP contribution < -0.4 is 0 Å². The van der Waals surface area contributed by atoms with Gasteiger partial charge in [0.1, 0.15) is 5.70 Å². The third kappa shape index (κ3) is 3.69. The molecule has 0 saturated carbocycles. The molecule has 0 bridgehead atoms. The van der Waals surface area contributed by atoms with Gasteiger partial charge in [0.05, 0.1) is 17.1 Å². The smallest absolute Gasteiger partial charge is 0.277 e. The van der Waals surface area contributed by atoms with Gasteiger partial charge in [-0.1, -0.05) is 13.8 Å². The molecule has 0 saturated heterocycles. The summed E-state index contributed by atoms with van der Waals surface area (Å²) in [4.78, 5) is 38.6. The first-order valence-electron chi connectivity index (χ1n) is 7.95. The number of carbonyl (C=O) groups is 2. The maximum Gasteiger partial charge on any atom is 0.277 e. The zero-order valence-corrected chi connectivity index (χ0v) is 14.4. The van der Waals surface area contributed by atoms with E-state index in [0.29, 0.717) is 5.56 Å². The van der Waals surface area contributed by atoms with Gasteiger partial charge >= 0.3 is 0 Å². The number of hydrogen-bond donors (Lipinski definition) is 1. The van der Waals surface area contributed by atoms with E-state index in [2.05, 4.69) is 0 Å². The minimum absolute atomic E-state index is 0.0922. The van der Waals surface area contributed by atoms with Gasteiger partial charge in [-0.15, -0.1) is 0 Å². The number of nitro groups is 1. The molecule has 0 fully saturated rings. The molecule has 0 radical (unpaired) electrons. The summed E-state index contributed by atoms with van der Waals surface area (Å²) < 4.78 is 0. The van der Waals surface area contributed by atoms with Crippen LogP contribution in [0.15, 0.2) is 30.0 Å². The number of imide groups is 1. The summed E-state index contributed by atoms with van der Waals surface area (Å²) in [7, 11) is 1.63. The Morgan fingerprint density at radius 2 is 1.80 bits per heavy atom. The zero-order chi connectivity index (χ0) is 18.7. The standard InChI is InChI=1S/C17H21N3O5/c1-11(2)10-19-16(22)14(15(17(19)23)18(3)8-9-21)12-4-6-13(7-5-12)20(24)25/h4-7,11,21H,8-10H2,1-3H3. The van der Waals surface area contributed by atoms with Crippen molar-refractivity contribution in [3.05, 3.63) is 45.6 Å². The van der Waals surface area contributed by atoms with Crippen molar-refractivity contribution >= 4 is 23.1 Å². The number of amides is 2. The topological polar surface area (TPSA) is 104 Å². The summed E-state index contributed by atoms with van der Waals surface area (Å²) in [5.74, 6) is -0.733. The van der Waals surface area contributed by atoms with Crippen LogP contribution in [0.3, 0.4) is 0 Å². The van der Waals surface area contributed by atoms with Crippen LogP contribution in [0.5, 0.6) is 0 Å². The molecule has 1 aromatic rings. The lowest BCUT2D eigenvalue weighted by atomic mass is 10.0. The van der Waals surface area contributed by atoms with Crippen LogP contribution in [-0.4, -0.2) is 58.4 Å². The second-order valence-corrected chi connectivity index (χ2v) is 6.29. The lowest BCUT2D eigenvalue weighted by Crippen LogP contribution is -2.37. The summed E-state index contributed by atoms with van der Waals surface area (Å²) in [6.07, 6.45) is 0. The first-order chi connectivity index (χ1) is 11.8. The molecule has 0 spiro atoms. The Morgan fingerprint density at radius 3 is 2.28 bits per heavy atom. The van der Waals surface area contributed by atoms with Gasteiger partial charge in [0.15, 0.2) is 0 Å². The highest BCUT2D eigenvalue weighted by Crippen LogP contribution is 2.32. The minimum atomic E-state index is -0.524. The van der Waals surface area contributed by atoms with E-state index in [1.165, 1.54) is 34.1 Å². The molecule has 25 heavy (non-hydrogen) atoms. The second-order valence-electron chi connectivity index (χ2n) is 6.29. The van der Waals surface area contributed by atoms with Crippen LogP contribution in [0.1, 0.15) is 19.4 Å². The van der Waals surface area contributed by atoms with Crippen LogP contribution >= 0.6 is 0 Å². The molecule has 2 rings (SSSR count). The number of aliphatic hydroxyl groups excluding tert-OH is 1. The molecule has 0 aliphatic carbocycles. The third-order valence-electron chi connectivity index (χ3n) is 3.88. The van der Waals surface area contributed by atoms with Crippen molar-refractivity contribution in [1.82, 2.24) is 9.80 Å². The fraction of sp³-hybridized carbons (Fsp3) is 0.412. The fourth-order valence-electron chi connectivity index (χ4n) is 2.72. The molecule has 1 aliphatic heterocycles. The van der Waals surface area contributed by atoms with Gasteiger partial charge in [0.2, 0.25) is 0 Å². The van der Waals surface area contributed by atoms with Gasteiger partial charge in [-0.2, -0.15) is 0 Å². The Morgan fingerprint density at radius 1 is 1.20 bits per heavy atom. The number of likely N-dealkylation sites (N-methyl/N-ethyl adjacent to an activating group) is 1. The van der Waals surface area contributed by atoms with Gasteiger partial charge in [-0.05, 0) is 23.6 Å². The molecule has 0 aromatic heterocycles. The summed E-state index contributed by atoms with van der Waals surface area (Å²) >= 11 is 0. The van der Waals surface area contributed by atoms with E-state index in [9.17, 15) is 19.7 Å². The van der Waals surface area contributed by atoms with Crippen LogP contribution in [0.25, 0.3) is 5.57 Å². The number of rotatable bonds is 7. The number of nitrogens with zero attached hydrogens (tertiary/aromatic N) is 3. The lowest BCUT2D eigenvalue weighted by Gasteiger charge is -2.21. The molecule has 1 heterocycles. The molecule has 8 nitrogen and oxygen atoms in total. The van der Waals surface area contributed by atoms with E-state index in [1.807, 2.05) is 13.8 Å². The largest absolute Gasteiger partial charge is 0.395 e. The van der Waals surface area contributed by atoms with Crippen molar-refractivity contribution in [2.75, 3.05) is 26.7 Å². The Bertz CT molecular complexity index is 724. The fourth-order valence-corrected chi connectivity index (χ4v) is 2.72. The number of carbonyl (C=O) groups excluding carboxylic acids is 2. The maximum atomic E-state index is 12.8. The van der Waals surface area contributed by atoms with Gasteiger partial charge in [0, 0.05) is 32.3 Å². The molecular weight excluding hydrogens is 326 g/mol. The normalized spacial score (nSPS) is 14.7. The first kappa shape index (κ1) is 18.6. The first-order valence-corrected chi connectivity index (χ1v) is 7.95. The van der Waals surface area contributed by atoms with Crippen molar-refractivity contribution in [2.45, 2.75) is 13.8 Å². The Kier molecular flexibility index (Phi) is 5.53. The van der Waals surface area contributed by atoms with Crippen LogP contribution in [0.4, 0.5) is 5.69 Å². The second kappa shape index (κ2) is 7.43. The Hall–Kier alpha value is -2.74.